The lowest BCUT2D eigenvalue weighted by Crippen LogP contribution is -2.12. The summed E-state index contributed by atoms with van der Waals surface area (Å²) in [6.07, 6.45) is 4.93. The first-order valence-corrected chi connectivity index (χ1v) is 6.25. The van der Waals surface area contributed by atoms with E-state index in [0.717, 1.165) is 25.7 Å². The number of hydrogen-bond acceptors (Lipinski definition) is 2. The molecule has 0 spiro atoms. The van der Waals surface area contributed by atoms with Gasteiger partial charge in [0, 0.05) is 6.42 Å². The van der Waals surface area contributed by atoms with E-state index in [-0.39, 0.29) is 5.97 Å². The van der Waals surface area contributed by atoms with Crippen molar-refractivity contribution in [1.29, 1.82) is 0 Å². The first-order valence-electron chi connectivity index (χ1n) is 6.25. The van der Waals surface area contributed by atoms with Crippen LogP contribution in [0.25, 0.3) is 0 Å². The van der Waals surface area contributed by atoms with Crippen LogP contribution in [0.4, 0.5) is 0 Å². The highest BCUT2D eigenvalue weighted by molar-refractivity contribution is 5.69. The van der Waals surface area contributed by atoms with Crippen molar-refractivity contribution in [3.63, 3.8) is 0 Å². The molecule has 2 heteroatoms. The third kappa shape index (κ3) is 8.46. The maximum absolute atomic E-state index is 11.4. The molecule has 0 bridgehead atoms. The summed E-state index contributed by atoms with van der Waals surface area (Å²) in [5.74, 6) is 1.10. The van der Waals surface area contributed by atoms with Crippen molar-refractivity contribution in [1.82, 2.24) is 0 Å². The Labute approximate surface area is 94.4 Å². The van der Waals surface area contributed by atoms with E-state index in [2.05, 4.69) is 27.7 Å². The number of esters is 1. The first-order chi connectivity index (χ1) is 7.10. The fourth-order valence-electron chi connectivity index (χ4n) is 1.56. The highest BCUT2D eigenvalue weighted by Crippen LogP contribution is 2.15. The number of hydrogen-bond donors (Lipinski definition) is 0. The van der Waals surface area contributed by atoms with E-state index >= 15 is 0 Å². The molecule has 15 heavy (non-hydrogen) atoms. The second-order valence-electron chi connectivity index (χ2n) is 4.67. The molecule has 2 nitrogen and oxygen atoms in total. The summed E-state index contributed by atoms with van der Waals surface area (Å²) in [4.78, 5) is 11.4. The van der Waals surface area contributed by atoms with Crippen LogP contribution in [0.15, 0.2) is 0 Å². The molecule has 0 aromatic heterocycles. The maximum Gasteiger partial charge on any atom is 0.306 e. The zero-order valence-electron chi connectivity index (χ0n) is 10.7. The predicted molar refractivity (Wildman–Crippen MR) is 63.7 cm³/mol. The predicted octanol–water partition coefficient (Wildman–Crippen LogP) is 3.79. The lowest BCUT2D eigenvalue weighted by Gasteiger charge is -2.13. The topological polar surface area (TPSA) is 26.3 Å². The van der Waals surface area contributed by atoms with Gasteiger partial charge in [-0.1, -0.05) is 47.0 Å². The lowest BCUT2D eigenvalue weighted by atomic mass is 9.97. The molecule has 0 saturated carbocycles. The minimum atomic E-state index is -0.0176. The van der Waals surface area contributed by atoms with E-state index < -0.39 is 0 Å². The molecule has 1 atom stereocenters. The van der Waals surface area contributed by atoms with Crippen LogP contribution in [-0.4, -0.2) is 12.6 Å². The number of carbonyl (C=O) groups excluding carboxylic acids is 1. The molecule has 0 radical (unpaired) electrons. The van der Waals surface area contributed by atoms with Gasteiger partial charge in [0.1, 0.15) is 0 Å². The third-order valence-electron chi connectivity index (χ3n) is 2.69. The molecule has 90 valence electrons. The monoisotopic (exact) mass is 214 g/mol. The minimum Gasteiger partial charge on any atom is -0.466 e. The summed E-state index contributed by atoms with van der Waals surface area (Å²) in [6.45, 7) is 9.16. The van der Waals surface area contributed by atoms with Crippen molar-refractivity contribution < 1.29 is 9.53 Å². The molecule has 0 aliphatic heterocycles. The van der Waals surface area contributed by atoms with E-state index in [4.69, 9.17) is 4.74 Å². The largest absolute Gasteiger partial charge is 0.466 e. The summed E-state index contributed by atoms with van der Waals surface area (Å²) in [7, 11) is 0. The van der Waals surface area contributed by atoms with E-state index in [1.54, 1.807) is 0 Å². The van der Waals surface area contributed by atoms with Crippen LogP contribution in [0.1, 0.15) is 59.8 Å². The zero-order chi connectivity index (χ0) is 11.7. The Kier molecular flexibility index (Phi) is 8.44. The Hall–Kier alpha value is -0.530. The smallest absolute Gasteiger partial charge is 0.306 e. The molecule has 0 aliphatic carbocycles. The van der Waals surface area contributed by atoms with Crippen LogP contribution in [0.5, 0.6) is 0 Å². The van der Waals surface area contributed by atoms with Crippen LogP contribution in [0, 0.1) is 11.8 Å². The highest BCUT2D eigenvalue weighted by atomic mass is 16.5. The van der Waals surface area contributed by atoms with Crippen molar-refractivity contribution >= 4 is 5.97 Å². The Morgan fingerprint density at radius 1 is 1.20 bits per heavy atom. The van der Waals surface area contributed by atoms with Gasteiger partial charge in [0.2, 0.25) is 0 Å². The molecule has 0 saturated heterocycles. The quantitative estimate of drug-likeness (QED) is 0.575. The number of carbonyl (C=O) groups is 1. The van der Waals surface area contributed by atoms with E-state index in [0.29, 0.717) is 24.9 Å². The van der Waals surface area contributed by atoms with Crippen LogP contribution < -0.4 is 0 Å². The molecule has 0 rings (SSSR count). The fourth-order valence-corrected chi connectivity index (χ4v) is 1.56. The lowest BCUT2D eigenvalue weighted by molar-refractivity contribution is -0.145. The summed E-state index contributed by atoms with van der Waals surface area (Å²) in [6, 6.07) is 0. The minimum absolute atomic E-state index is 0.0176. The van der Waals surface area contributed by atoms with Crippen LogP contribution in [-0.2, 0) is 9.53 Å². The maximum atomic E-state index is 11.4. The van der Waals surface area contributed by atoms with E-state index in [9.17, 15) is 4.79 Å². The fraction of sp³-hybridized carbons (Fsp3) is 0.923. The summed E-state index contributed by atoms with van der Waals surface area (Å²) < 4.78 is 5.19. The van der Waals surface area contributed by atoms with Gasteiger partial charge in [0.05, 0.1) is 6.61 Å². The molecule has 0 aromatic rings. The normalized spacial score (nSPS) is 12.9. The van der Waals surface area contributed by atoms with Crippen LogP contribution in [0.2, 0.25) is 0 Å². The number of rotatable bonds is 8. The van der Waals surface area contributed by atoms with Crippen molar-refractivity contribution in [2.45, 2.75) is 59.8 Å². The summed E-state index contributed by atoms with van der Waals surface area (Å²) in [5.41, 5.74) is 0. The second kappa shape index (κ2) is 8.75. The first kappa shape index (κ1) is 14.5. The average molecular weight is 214 g/mol. The Balaban J connectivity index is 3.61. The molecule has 0 aliphatic rings. The van der Waals surface area contributed by atoms with Gasteiger partial charge in [0.25, 0.3) is 0 Å². The van der Waals surface area contributed by atoms with Gasteiger partial charge in [-0.15, -0.1) is 0 Å². The average Bonchev–Trinajstić information content (AvgIpc) is 2.16. The highest BCUT2D eigenvalue weighted by Gasteiger charge is 2.12. The third-order valence-corrected chi connectivity index (χ3v) is 2.69. The number of ether oxygens (including phenoxy) is 1. The molecule has 1 unspecified atom stereocenters. The molecular formula is C13H26O2. The van der Waals surface area contributed by atoms with Crippen LogP contribution in [0.3, 0.4) is 0 Å². The molecule has 0 aromatic carbocycles. The van der Waals surface area contributed by atoms with Crippen molar-refractivity contribution in [3.05, 3.63) is 0 Å². The molecule has 0 fully saturated rings. The van der Waals surface area contributed by atoms with Gasteiger partial charge in [-0.05, 0) is 18.3 Å². The summed E-state index contributed by atoms with van der Waals surface area (Å²) >= 11 is 0. The van der Waals surface area contributed by atoms with Gasteiger partial charge in [0.15, 0.2) is 0 Å². The molecule has 0 amide bonds. The van der Waals surface area contributed by atoms with Gasteiger partial charge in [-0.25, -0.2) is 0 Å². The molecule has 0 N–H and O–H groups in total. The van der Waals surface area contributed by atoms with Crippen LogP contribution >= 0.6 is 0 Å². The van der Waals surface area contributed by atoms with Gasteiger partial charge >= 0.3 is 5.97 Å². The zero-order valence-corrected chi connectivity index (χ0v) is 10.7. The van der Waals surface area contributed by atoms with Crippen molar-refractivity contribution in [2.24, 2.45) is 11.8 Å². The van der Waals surface area contributed by atoms with Gasteiger partial charge in [-0.2, -0.15) is 0 Å². The van der Waals surface area contributed by atoms with Gasteiger partial charge < -0.3 is 4.74 Å². The SMILES string of the molecule is CCCC(CC)CC(=O)OCCC(C)C. The standard InChI is InChI=1S/C13H26O2/c1-5-7-12(6-2)10-13(14)15-9-8-11(3)4/h11-12H,5-10H2,1-4H3. The van der Waals surface area contributed by atoms with E-state index in [1.807, 2.05) is 0 Å². The molecule has 0 heterocycles. The van der Waals surface area contributed by atoms with Gasteiger partial charge in [-0.3, -0.25) is 4.79 Å². The Morgan fingerprint density at radius 3 is 2.33 bits per heavy atom. The second-order valence-corrected chi connectivity index (χ2v) is 4.67. The Morgan fingerprint density at radius 2 is 1.87 bits per heavy atom. The Bertz CT molecular complexity index is 164. The van der Waals surface area contributed by atoms with Crippen molar-refractivity contribution in [2.75, 3.05) is 6.61 Å². The molecular weight excluding hydrogens is 188 g/mol. The van der Waals surface area contributed by atoms with E-state index in [1.165, 1.54) is 0 Å². The summed E-state index contributed by atoms with van der Waals surface area (Å²) in [5, 5.41) is 0. The van der Waals surface area contributed by atoms with Crippen molar-refractivity contribution in [3.8, 4) is 0 Å².